The third-order valence-electron chi connectivity index (χ3n) is 4.61. The van der Waals surface area contributed by atoms with Gasteiger partial charge in [-0.2, -0.15) is 0 Å². The van der Waals surface area contributed by atoms with Gasteiger partial charge in [-0.3, -0.25) is 9.59 Å². The first kappa shape index (κ1) is 18.5. The molecule has 0 radical (unpaired) electrons. The molecular weight excluding hydrogens is 427 g/mol. The number of halogens is 2. The summed E-state index contributed by atoms with van der Waals surface area (Å²) in [6.07, 6.45) is 0. The molecule has 0 spiro atoms. The third-order valence-corrected chi connectivity index (χ3v) is 5.04. The van der Waals surface area contributed by atoms with Crippen LogP contribution in [0.2, 0.25) is 0 Å². The zero-order valence-corrected chi connectivity index (χ0v) is 16.6. The van der Waals surface area contributed by atoms with Crippen molar-refractivity contribution in [1.29, 1.82) is 0 Å². The molecule has 6 nitrogen and oxygen atoms in total. The highest BCUT2D eigenvalue weighted by atomic mass is 35.5. The number of nitrogens with zero attached hydrogens (tertiary/aromatic N) is 2. The second-order valence-electron chi connectivity index (χ2n) is 6.53. The van der Waals surface area contributed by atoms with Gasteiger partial charge < -0.3 is 8.83 Å². The van der Waals surface area contributed by atoms with E-state index in [0.29, 0.717) is 45.1 Å². The van der Waals surface area contributed by atoms with Gasteiger partial charge in [-0.05, 0) is 83.9 Å². The first-order valence-electron chi connectivity index (χ1n) is 8.79. The van der Waals surface area contributed by atoms with Gasteiger partial charge in [-0.25, -0.2) is 9.97 Å². The Balaban J connectivity index is 1.48. The maximum atomic E-state index is 11.3. The highest BCUT2D eigenvalue weighted by molar-refractivity contribution is 6.68. The third kappa shape index (κ3) is 3.26. The Bertz CT molecular complexity index is 1340. The number of benzene rings is 3. The normalized spacial score (nSPS) is 11.3. The lowest BCUT2D eigenvalue weighted by molar-refractivity contribution is 0.107. The largest absolute Gasteiger partial charge is 0.436 e. The van der Waals surface area contributed by atoms with E-state index in [1.54, 1.807) is 36.4 Å². The molecule has 0 aliphatic carbocycles. The smallest absolute Gasteiger partial charge is 0.252 e. The summed E-state index contributed by atoms with van der Waals surface area (Å²) in [5, 5.41) is -1.10. The van der Waals surface area contributed by atoms with E-state index in [-0.39, 0.29) is 0 Å². The summed E-state index contributed by atoms with van der Waals surface area (Å²) in [5.74, 6) is 0.831. The van der Waals surface area contributed by atoms with Crippen LogP contribution in [0.4, 0.5) is 0 Å². The van der Waals surface area contributed by atoms with Gasteiger partial charge in [-0.15, -0.1) is 0 Å². The lowest BCUT2D eigenvalue weighted by Crippen LogP contribution is -1.87. The Morgan fingerprint density at radius 3 is 1.40 bits per heavy atom. The molecule has 2 aromatic heterocycles. The molecule has 3 aromatic carbocycles. The topological polar surface area (TPSA) is 86.2 Å². The van der Waals surface area contributed by atoms with Crippen molar-refractivity contribution in [2.45, 2.75) is 0 Å². The first-order valence-corrected chi connectivity index (χ1v) is 9.55. The van der Waals surface area contributed by atoms with E-state index in [2.05, 4.69) is 9.97 Å². The Hall–Kier alpha value is -3.48. The number of rotatable bonds is 4. The van der Waals surface area contributed by atoms with E-state index in [4.69, 9.17) is 32.0 Å². The molecule has 0 fully saturated rings. The fraction of sp³-hybridized carbons (Fsp3) is 0. The van der Waals surface area contributed by atoms with Crippen molar-refractivity contribution in [1.82, 2.24) is 9.97 Å². The first-order chi connectivity index (χ1) is 14.5. The second kappa shape index (κ2) is 7.09. The Labute approximate surface area is 179 Å². The van der Waals surface area contributed by atoms with Crippen molar-refractivity contribution in [2.75, 3.05) is 0 Å². The van der Waals surface area contributed by atoms with Crippen molar-refractivity contribution in [3.8, 4) is 22.9 Å². The van der Waals surface area contributed by atoms with Gasteiger partial charge in [0.15, 0.2) is 11.2 Å². The highest BCUT2D eigenvalue weighted by Crippen LogP contribution is 2.29. The van der Waals surface area contributed by atoms with E-state index in [0.717, 1.165) is 11.1 Å². The number of fused-ring (bicyclic) bond motifs is 2. The van der Waals surface area contributed by atoms with Gasteiger partial charge in [-0.1, -0.05) is 0 Å². The van der Waals surface area contributed by atoms with Crippen LogP contribution in [-0.4, -0.2) is 20.5 Å². The zero-order chi connectivity index (χ0) is 20.8. The number of aromatic nitrogens is 2. The lowest BCUT2D eigenvalue weighted by atomic mass is 10.1. The highest BCUT2D eigenvalue weighted by Gasteiger charge is 2.13. The van der Waals surface area contributed by atoms with E-state index < -0.39 is 10.5 Å². The molecule has 0 N–H and O–H groups in total. The predicted molar refractivity (Wildman–Crippen MR) is 113 cm³/mol. The summed E-state index contributed by atoms with van der Waals surface area (Å²) in [7, 11) is 0. The number of hydrogen-bond acceptors (Lipinski definition) is 6. The summed E-state index contributed by atoms with van der Waals surface area (Å²) in [6.45, 7) is 0. The summed E-state index contributed by atoms with van der Waals surface area (Å²) >= 11 is 11.0. The van der Waals surface area contributed by atoms with E-state index >= 15 is 0 Å². The molecule has 0 aliphatic rings. The van der Waals surface area contributed by atoms with Crippen LogP contribution in [0.5, 0.6) is 0 Å². The van der Waals surface area contributed by atoms with Gasteiger partial charge >= 0.3 is 0 Å². The molecule has 0 bridgehead atoms. The van der Waals surface area contributed by atoms with Crippen LogP contribution in [0, 0.1) is 0 Å². The van der Waals surface area contributed by atoms with Gasteiger partial charge in [0, 0.05) is 22.3 Å². The Morgan fingerprint density at radius 1 is 0.633 bits per heavy atom. The number of hydrogen-bond donors (Lipinski definition) is 0. The van der Waals surface area contributed by atoms with E-state index in [1.807, 2.05) is 24.3 Å². The number of carbonyl (C=O) groups excluding carboxylic acids is 2. The van der Waals surface area contributed by atoms with Crippen LogP contribution in [0.1, 0.15) is 20.7 Å². The Kier molecular flexibility index (Phi) is 4.38. The molecule has 146 valence electrons. The molecule has 5 rings (SSSR count). The minimum atomic E-state index is -0.549. The van der Waals surface area contributed by atoms with Crippen LogP contribution in [0.25, 0.3) is 45.1 Å². The minimum absolute atomic E-state index is 0.356. The van der Waals surface area contributed by atoms with Crippen LogP contribution in [0.15, 0.2) is 69.5 Å². The molecule has 30 heavy (non-hydrogen) atoms. The van der Waals surface area contributed by atoms with Crippen molar-refractivity contribution >= 4 is 55.9 Å². The monoisotopic (exact) mass is 436 g/mol. The fourth-order valence-electron chi connectivity index (χ4n) is 3.10. The molecule has 8 heteroatoms. The molecular formula is C22H10Cl2N2O4. The van der Waals surface area contributed by atoms with Crippen molar-refractivity contribution < 1.29 is 18.4 Å². The van der Waals surface area contributed by atoms with Gasteiger partial charge in [0.2, 0.25) is 11.8 Å². The molecule has 5 aromatic rings. The molecule has 0 saturated heterocycles. The average Bonchev–Trinajstić information content (AvgIpc) is 3.36. The molecule has 0 atom stereocenters. The van der Waals surface area contributed by atoms with Gasteiger partial charge in [0.25, 0.3) is 10.5 Å². The zero-order valence-electron chi connectivity index (χ0n) is 15.1. The van der Waals surface area contributed by atoms with Gasteiger partial charge in [0.05, 0.1) is 0 Å². The SMILES string of the molecule is O=C(Cl)c1ccc2oc(-c3ccc(-c4nc5cc(C(=O)Cl)ccc5o4)cc3)nc2c1. The van der Waals surface area contributed by atoms with E-state index in [1.165, 1.54) is 0 Å². The summed E-state index contributed by atoms with van der Waals surface area (Å²) in [5.41, 5.74) is 4.41. The van der Waals surface area contributed by atoms with Crippen LogP contribution >= 0.6 is 23.2 Å². The number of oxazole rings is 2. The molecule has 0 amide bonds. The molecule has 0 unspecified atom stereocenters. The fourth-order valence-corrected chi connectivity index (χ4v) is 3.34. The van der Waals surface area contributed by atoms with Gasteiger partial charge in [0.1, 0.15) is 11.0 Å². The van der Waals surface area contributed by atoms with Crippen molar-refractivity contribution in [3.63, 3.8) is 0 Å². The maximum absolute atomic E-state index is 11.3. The standard InChI is InChI=1S/C22H10Cl2N2O4/c23-19(27)13-5-7-17-15(9-13)25-21(29-17)11-1-2-12(4-3-11)22-26-16-10-14(20(24)28)6-8-18(16)30-22/h1-10H. The Morgan fingerprint density at radius 2 is 1.03 bits per heavy atom. The molecule has 0 aliphatic heterocycles. The summed E-state index contributed by atoms with van der Waals surface area (Å²) in [6, 6.07) is 17.0. The van der Waals surface area contributed by atoms with Crippen LogP contribution in [0.3, 0.4) is 0 Å². The van der Waals surface area contributed by atoms with Crippen molar-refractivity contribution in [3.05, 3.63) is 71.8 Å². The lowest BCUT2D eigenvalue weighted by Gasteiger charge is -1.97. The van der Waals surface area contributed by atoms with E-state index in [9.17, 15) is 9.59 Å². The number of carbonyl (C=O) groups is 2. The summed E-state index contributed by atoms with van der Waals surface area (Å²) in [4.78, 5) is 31.5. The summed E-state index contributed by atoms with van der Waals surface area (Å²) < 4.78 is 11.5. The predicted octanol–water partition coefficient (Wildman–Crippen LogP) is 6.06. The second-order valence-corrected chi connectivity index (χ2v) is 7.21. The molecule has 0 saturated carbocycles. The van der Waals surface area contributed by atoms with Crippen LogP contribution < -0.4 is 0 Å². The minimum Gasteiger partial charge on any atom is -0.436 e. The van der Waals surface area contributed by atoms with Crippen LogP contribution in [-0.2, 0) is 0 Å². The maximum Gasteiger partial charge on any atom is 0.252 e. The quantitative estimate of drug-likeness (QED) is 0.318. The van der Waals surface area contributed by atoms with Crippen molar-refractivity contribution in [2.24, 2.45) is 0 Å². The average molecular weight is 437 g/mol. The molecule has 2 heterocycles.